The molecule has 0 bridgehead atoms. The number of hydrogen-bond donors (Lipinski definition) is 1. The van der Waals surface area contributed by atoms with Crippen molar-refractivity contribution in [3.8, 4) is 5.69 Å². The lowest BCUT2D eigenvalue weighted by Crippen LogP contribution is -2.25. The van der Waals surface area contributed by atoms with Gasteiger partial charge in [0.1, 0.15) is 11.5 Å². The van der Waals surface area contributed by atoms with Gasteiger partial charge in [-0.05, 0) is 56.0 Å². The van der Waals surface area contributed by atoms with E-state index < -0.39 is 21.7 Å². The lowest BCUT2D eigenvalue weighted by molar-refractivity contribution is 0.102. The van der Waals surface area contributed by atoms with Crippen LogP contribution < -0.4 is 9.62 Å². The van der Waals surface area contributed by atoms with Crippen LogP contribution in [0, 0.1) is 5.82 Å². The fraction of sp³-hybridized carbons (Fsp3) is 0.273. The molecule has 1 amide bonds. The molecule has 0 unspecified atom stereocenters. The molecule has 1 aliphatic heterocycles. The van der Waals surface area contributed by atoms with E-state index in [0.717, 1.165) is 17.7 Å². The number of aromatic nitrogens is 2. The van der Waals surface area contributed by atoms with Crippen LogP contribution in [0.15, 0.2) is 42.5 Å². The summed E-state index contributed by atoms with van der Waals surface area (Å²) in [5.41, 5.74) is 2.87. The van der Waals surface area contributed by atoms with E-state index >= 15 is 0 Å². The zero-order valence-corrected chi connectivity index (χ0v) is 18.6. The van der Waals surface area contributed by atoms with Crippen molar-refractivity contribution < 1.29 is 17.6 Å². The molecule has 1 N–H and O–H groups in total. The molecular formula is C22H20ClFN4O3S. The van der Waals surface area contributed by atoms with Crippen molar-refractivity contribution in [2.75, 3.05) is 21.9 Å². The number of benzene rings is 2. The van der Waals surface area contributed by atoms with E-state index in [1.807, 2.05) is 0 Å². The molecule has 0 saturated carbocycles. The summed E-state index contributed by atoms with van der Waals surface area (Å²) in [5.74, 6) is -0.794. The third-order valence-corrected chi connectivity index (χ3v) is 8.01. The highest BCUT2D eigenvalue weighted by Gasteiger charge is 2.30. The number of para-hydroxylation sites is 1. The molecule has 2 aliphatic rings. The number of fused-ring (bicyclic) bond motifs is 1. The van der Waals surface area contributed by atoms with Gasteiger partial charge < -0.3 is 5.32 Å². The summed E-state index contributed by atoms with van der Waals surface area (Å²) in [5, 5.41) is 7.47. The predicted molar refractivity (Wildman–Crippen MR) is 121 cm³/mol. The van der Waals surface area contributed by atoms with Crippen LogP contribution >= 0.6 is 11.6 Å². The van der Waals surface area contributed by atoms with Crippen LogP contribution in [0.4, 0.5) is 15.8 Å². The zero-order valence-electron chi connectivity index (χ0n) is 17.0. The van der Waals surface area contributed by atoms with Gasteiger partial charge >= 0.3 is 0 Å². The standard InChI is InChI=1S/C22H20ClFN4O3S/c23-16-10-9-14(27-11-4-12-32(27,30)31)13-18(16)25-22(29)21-15-5-3-8-19(15)28(26-21)20-7-2-1-6-17(20)24/h1-2,6-7,9-10,13H,3-5,8,11-12H2,(H,25,29). The second-order valence-corrected chi connectivity index (χ2v) is 10.3. The number of rotatable bonds is 4. The van der Waals surface area contributed by atoms with Gasteiger partial charge in [-0.15, -0.1) is 0 Å². The summed E-state index contributed by atoms with van der Waals surface area (Å²) < 4.78 is 41.7. The number of hydrogen-bond acceptors (Lipinski definition) is 4. The summed E-state index contributed by atoms with van der Waals surface area (Å²) >= 11 is 6.29. The van der Waals surface area contributed by atoms with E-state index in [0.29, 0.717) is 42.9 Å². The second kappa shape index (κ2) is 7.90. The summed E-state index contributed by atoms with van der Waals surface area (Å²) in [7, 11) is -3.36. The summed E-state index contributed by atoms with van der Waals surface area (Å²) in [6, 6.07) is 11.0. The molecule has 32 heavy (non-hydrogen) atoms. The van der Waals surface area contributed by atoms with Crippen LogP contribution in [0.25, 0.3) is 5.69 Å². The van der Waals surface area contributed by atoms with Crippen LogP contribution in [-0.2, 0) is 22.9 Å². The number of nitrogens with one attached hydrogen (secondary N) is 1. The number of carbonyl (C=O) groups is 1. The molecule has 166 valence electrons. The van der Waals surface area contributed by atoms with Gasteiger partial charge in [-0.1, -0.05) is 23.7 Å². The molecule has 0 spiro atoms. The quantitative estimate of drug-likeness (QED) is 0.620. The zero-order chi connectivity index (χ0) is 22.5. The van der Waals surface area contributed by atoms with Gasteiger partial charge in [0.15, 0.2) is 5.69 Å². The molecule has 7 nitrogen and oxygen atoms in total. The number of halogens is 2. The highest BCUT2D eigenvalue weighted by molar-refractivity contribution is 7.93. The fourth-order valence-electron chi connectivity index (χ4n) is 4.32. The molecule has 3 aromatic rings. The molecule has 1 aliphatic carbocycles. The average molecular weight is 475 g/mol. The first-order valence-electron chi connectivity index (χ1n) is 10.3. The normalized spacial score (nSPS) is 16.9. The van der Waals surface area contributed by atoms with Crippen molar-refractivity contribution in [1.82, 2.24) is 9.78 Å². The fourth-order valence-corrected chi connectivity index (χ4v) is 6.04. The first-order chi connectivity index (χ1) is 15.3. The Balaban J connectivity index is 1.48. The third-order valence-electron chi connectivity index (χ3n) is 5.81. The Kier molecular flexibility index (Phi) is 5.17. The van der Waals surface area contributed by atoms with Crippen molar-refractivity contribution in [2.45, 2.75) is 25.7 Å². The number of sulfonamides is 1. The largest absolute Gasteiger partial charge is 0.319 e. The van der Waals surface area contributed by atoms with E-state index in [1.165, 1.54) is 15.1 Å². The lowest BCUT2D eigenvalue weighted by Gasteiger charge is -2.18. The third kappa shape index (κ3) is 3.55. The van der Waals surface area contributed by atoms with Gasteiger partial charge in [0.25, 0.3) is 5.91 Å². The van der Waals surface area contributed by atoms with Crippen molar-refractivity contribution in [3.05, 3.63) is 70.3 Å². The van der Waals surface area contributed by atoms with Crippen molar-refractivity contribution in [1.29, 1.82) is 0 Å². The molecule has 1 aromatic heterocycles. The van der Waals surface area contributed by atoms with Gasteiger partial charge in [0.05, 0.1) is 22.2 Å². The van der Waals surface area contributed by atoms with Crippen molar-refractivity contribution in [3.63, 3.8) is 0 Å². The highest BCUT2D eigenvalue weighted by Crippen LogP contribution is 2.33. The predicted octanol–water partition coefficient (Wildman–Crippen LogP) is 3.95. The SMILES string of the molecule is O=C(Nc1cc(N2CCCS2(=O)=O)ccc1Cl)c1nn(-c2ccccc2F)c2c1CCC2. The maximum atomic E-state index is 14.4. The molecule has 0 radical (unpaired) electrons. The molecule has 0 atom stereocenters. The van der Waals surface area contributed by atoms with E-state index in [2.05, 4.69) is 10.4 Å². The maximum Gasteiger partial charge on any atom is 0.276 e. The molecule has 2 aromatic carbocycles. The average Bonchev–Trinajstić information content (AvgIpc) is 3.45. The van der Waals surface area contributed by atoms with Crippen LogP contribution in [-0.4, -0.2) is 36.4 Å². The van der Waals surface area contributed by atoms with E-state index in [-0.39, 0.29) is 16.5 Å². The number of nitrogens with zero attached hydrogens (tertiary/aromatic N) is 3. The monoisotopic (exact) mass is 474 g/mol. The van der Waals surface area contributed by atoms with E-state index in [4.69, 9.17) is 11.6 Å². The van der Waals surface area contributed by atoms with Gasteiger partial charge in [-0.2, -0.15) is 5.10 Å². The summed E-state index contributed by atoms with van der Waals surface area (Å²) in [4.78, 5) is 13.1. The van der Waals surface area contributed by atoms with Gasteiger partial charge in [0.2, 0.25) is 10.0 Å². The van der Waals surface area contributed by atoms with Crippen LogP contribution in [0.2, 0.25) is 5.02 Å². The van der Waals surface area contributed by atoms with Crippen LogP contribution in [0.1, 0.15) is 34.6 Å². The number of amides is 1. The van der Waals surface area contributed by atoms with Gasteiger partial charge in [-0.3, -0.25) is 9.10 Å². The Morgan fingerprint density at radius 3 is 2.69 bits per heavy atom. The van der Waals surface area contributed by atoms with Crippen molar-refractivity contribution in [2.24, 2.45) is 0 Å². The highest BCUT2D eigenvalue weighted by atomic mass is 35.5. The summed E-state index contributed by atoms with van der Waals surface area (Å²) in [6.45, 7) is 0.387. The van der Waals surface area contributed by atoms with E-state index in [9.17, 15) is 17.6 Å². The molecular weight excluding hydrogens is 455 g/mol. The second-order valence-electron chi connectivity index (χ2n) is 7.85. The molecule has 1 fully saturated rings. The molecule has 1 saturated heterocycles. The van der Waals surface area contributed by atoms with E-state index in [1.54, 1.807) is 36.4 Å². The number of carbonyl (C=O) groups excluding carboxylic acids is 1. The molecule has 10 heteroatoms. The minimum absolute atomic E-state index is 0.0942. The first-order valence-corrected chi connectivity index (χ1v) is 12.3. The Morgan fingerprint density at radius 2 is 1.94 bits per heavy atom. The van der Waals surface area contributed by atoms with Crippen LogP contribution in [0.5, 0.6) is 0 Å². The first kappa shape index (κ1) is 21.0. The minimum Gasteiger partial charge on any atom is -0.319 e. The topological polar surface area (TPSA) is 84.3 Å². The number of anilines is 2. The van der Waals surface area contributed by atoms with Gasteiger partial charge in [0, 0.05) is 17.8 Å². The van der Waals surface area contributed by atoms with Crippen LogP contribution in [0.3, 0.4) is 0 Å². The Hall–Kier alpha value is -2.91. The Morgan fingerprint density at radius 1 is 1.12 bits per heavy atom. The van der Waals surface area contributed by atoms with Crippen molar-refractivity contribution >= 4 is 38.9 Å². The lowest BCUT2D eigenvalue weighted by atomic mass is 10.2. The Bertz CT molecular complexity index is 1340. The minimum atomic E-state index is -3.36. The molecule has 5 rings (SSSR count). The Labute approximate surface area is 189 Å². The molecule has 2 heterocycles. The van der Waals surface area contributed by atoms with Gasteiger partial charge in [-0.25, -0.2) is 17.5 Å². The maximum absolute atomic E-state index is 14.4. The smallest absolute Gasteiger partial charge is 0.276 e. The summed E-state index contributed by atoms with van der Waals surface area (Å²) in [6.07, 6.45) is 2.77.